The predicted octanol–water partition coefficient (Wildman–Crippen LogP) is -1.47. The molecule has 740 valence electrons. The minimum atomic E-state index is -1.43. The van der Waals surface area contributed by atoms with E-state index in [0.29, 0.717) is 91.6 Å². The standard InChI is InChI=1S/C81H132N12O36.Fe/c1-103-40-46-58-64(109-7)70(115-13)76(121-46)124-55-43(37-85-52(94)25-19-16-22-31-82-49-28-34-91(100)79(97)88-49)119-74(68(113-11)61(55)106-4)128-59-47(41-104-2)123-78(72(117-15)65(59)110-8)126-57-45(39-87-54(96)27-21-18-24-33-84-51-30-36-93(102)81(99)90-51)120-75(69(114-12)63(57)108-6)129-60-48(42-105-3)122-77(71(116-14)66(60)111-9)125-56-44(118-73(127-58)67(112-10)62(56)107-5)38-86-53(95)26-20-17-23-32-83-50-29-35-92(101)80(98)89-50;/h28-30,34-36,43-48,55-78,100-102H,16-27,31-33,37-42H2,1-15H3,(H,85,94)(H,86,95)(H,87,96)(H,82,88,97)(H,83,89,98)(H,84,90,99);. The average Bonchev–Trinajstić information content (AvgIpc) is 0.759. The van der Waals surface area contributed by atoms with Crippen LogP contribution in [0.25, 0.3) is 0 Å². The van der Waals surface area contributed by atoms with E-state index in [2.05, 4.69) is 46.9 Å². The molecule has 22 saturated heterocycles. The van der Waals surface area contributed by atoms with Crippen molar-refractivity contribution >= 4 is 35.2 Å². The van der Waals surface area contributed by atoms with E-state index in [1.54, 1.807) is 0 Å². The van der Waals surface area contributed by atoms with Gasteiger partial charge in [-0.25, -0.2) is 14.4 Å². The largest absolute Gasteiger partial charge is 0.424 e. The zero-order valence-corrected chi connectivity index (χ0v) is 77.1. The number of amides is 3. The van der Waals surface area contributed by atoms with E-state index in [4.69, 9.17) is 128 Å². The second kappa shape index (κ2) is 54.1. The Hall–Kier alpha value is -6.71. The van der Waals surface area contributed by atoms with Crippen LogP contribution in [0.4, 0.5) is 17.5 Å². The number of hydrogen-bond acceptors (Lipinski definition) is 42. The van der Waals surface area contributed by atoms with Crippen molar-refractivity contribution in [1.82, 2.24) is 45.1 Å². The Morgan fingerprint density at radius 1 is 0.300 bits per heavy atom. The molecule has 25 rings (SSSR count). The Kier molecular flexibility index (Phi) is 44.5. The maximum absolute atomic E-state index is 14.2. The fourth-order valence-electron chi connectivity index (χ4n) is 17.1. The number of carbonyl (C=O) groups is 3. The summed E-state index contributed by atoms with van der Waals surface area (Å²) in [5, 5.41) is 47.2. The van der Waals surface area contributed by atoms with Crippen molar-refractivity contribution in [3.05, 3.63) is 68.2 Å². The minimum Gasteiger partial charge on any atom is -0.424 e. The number of nitrogens with zero attached hydrogens (tertiary/aromatic N) is 6. The van der Waals surface area contributed by atoms with Gasteiger partial charge in [0.25, 0.3) is 0 Å². The molecular weight excluding hydrogens is 1770 g/mol. The van der Waals surface area contributed by atoms with E-state index < -0.39 is 201 Å². The molecule has 25 heterocycles. The Morgan fingerprint density at radius 2 is 0.500 bits per heavy atom. The first-order valence-corrected chi connectivity index (χ1v) is 43.1. The van der Waals surface area contributed by atoms with Gasteiger partial charge in [-0.3, -0.25) is 14.4 Å². The number of methoxy groups -OCH3 is 15. The van der Waals surface area contributed by atoms with Gasteiger partial charge < -0.3 is 175 Å². The van der Waals surface area contributed by atoms with Crippen LogP contribution in [0.3, 0.4) is 0 Å². The van der Waals surface area contributed by atoms with Crippen LogP contribution in [0.15, 0.2) is 51.2 Å². The fraction of sp³-hybridized carbons (Fsp3) is 0.815. The molecular formula is C81H132FeN12O36. The van der Waals surface area contributed by atoms with E-state index >= 15 is 0 Å². The summed E-state index contributed by atoms with van der Waals surface area (Å²) in [6, 6.07) is 4.36. The second-order valence-corrected chi connectivity index (χ2v) is 31.6. The second-order valence-electron chi connectivity index (χ2n) is 31.6. The van der Waals surface area contributed by atoms with Crippen LogP contribution < -0.4 is 49.0 Å². The molecule has 0 saturated carbocycles. The van der Waals surface area contributed by atoms with Crippen molar-refractivity contribution in [2.75, 3.05) is 182 Å². The summed E-state index contributed by atoms with van der Waals surface area (Å²) in [5.74, 6) is -0.246. The Balaban J connectivity index is 0.0000190. The van der Waals surface area contributed by atoms with E-state index in [1.807, 2.05) is 0 Å². The van der Waals surface area contributed by atoms with Gasteiger partial charge in [0, 0.05) is 200 Å². The molecule has 0 aromatic carbocycles. The summed E-state index contributed by atoms with van der Waals surface area (Å²) in [7, 11) is 21.6. The van der Waals surface area contributed by atoms with Crippen LogP contribution in [-0.4, -0.2) is 412 Å². The number of carbonyl (C=O) groups excluding carboxylic acids is 3. The van der Waals surface area contributed by atoms with Crippen molar-refractivity contribution in [3.63, 3.8) is 0 Å². The van der Waals surface area contributed by atoms with Gasteiger partial charge in [-0.1, -0.05) is 19.3 Å². The van der Waals surface area contributed by atoms with Crippen LogP contribution in [0, 0.1) is 0 Å². The van der Waals surface area contributed by atoms with Gasteiger partial charge in [0.1, 0.15) is 164 Å². The number of unbranched alkanes of at least 4 members (excludes halogenated alkanes) is 6. The Bertz CT molecular complexity index is 3640. The number of aromatic nitrogens is 6. The van der Waals surface area contributed by atoms with Crippen molar-refractivity contribution < 1.29 is 175 Å². The van der Waals surface area contributed by atoms with Crippen molar-refractivity contribution in [3.8, 4) is 0 Å². The topological polar surface area (TPSA) is 538 Å². The van der Waals surface area contributed by atoms with Gasteiger partial charge in [0.2, 0.25) is 17.7 Å². The molecule has 9 N–H and O–H groups in total. The minimum absolute atomic E-state index is 0. The van der Waals surface area contributed by atoms with Crippen LogP contribution in [0.5, 0.6) is 0 Å². The molecule has 30 atom stereocenters. The third kappa shape index (κ3) is 27.8. The van der Waals surface area contributed by atoms with Gasteiger partial charge in [-0.05, 0) is 38.5 Å². The third-order valence-corrected chi connectivity index (χ3v) is 23.6. The van der Waals surface area contributed by atoms with Crippen molar-refractivity contribution in [2.45, 2.75) is 261 Å². The predicted molar refractivity (Wildman–Crippen MR) is 443 cm³/mol. The van der Waals surface area contributed by atoms with E-state index in [-0.39, 0.29) is 111 Å². The molecule has 49 heteroatoms. The molecule has 22 aliphatic rings. The molecule has 0 radical (unpaired) electrons. The first-order chi connectivity index (χ1) is 62.5. The maximum atomic E-state index is 14.2. The van der Waals surface area contributed by atoms with Gasteiger partial charge in [-0.15, -0.1) is 14.2 Å². The van der Waals surface area contributed by atoms with Gasteiger partial charge in [0.15, 0.2) is 37.7 Å². The van der Waals surface area contributed by atoms with Crippen LogP contribution in [0.1, 0.15) is 77.0 Å². The molecule has 3 amide bonds. The van der Waals surface area contributed by atoms with Crippen LogP contribution in [0.2, 0.25) is 0 Å². The number of anilines is 3. The number of hydrogen-bond donors (Lipinski definition) is 9. The summed E-state index contributed by atoms with van der Waals surface area (Å²) in [5.41, 5.74) is -2.53. The zero-order chi connectivity index (χ0) is 92.8. The molecule has 48 nitrogen and oxygen atoms in total. The van der Waals surface area contributed by atoms with Gasteiger partial charge >= 0.3 is 17.1 Å². The summed E-state index contributed by atoms with van der Waals surface area (Å²) in [6.45, 7) is 0.0241. The number of nitrogens with one attached hydrogen (secondary N) is 6. The van der Waals surface area contributed by atoms with Crippen molar-refractivity contribution in [1.29, 1.82) is 0 Å². The van der Waals surface area contributed by atoms with E-state index in [9.17, 15) is 44.4 Å². The van der Waals surface area contributed by atoms with Crippen LogP contribution in [-0.2, 0) is 159 Å². The molecule has 0 aliphatic carbocycles. The van der Waals surface area contributed by atoms with Gasteiger partial charge in [-0.2, -0.15) is 15.0 Å². The van der Waals surface area contributed by atoms with E-state index in [0.717, 1.165) is 0 Å². The third-order valence-electron chi connectivity index (χ3n) is 23.6. The fourth-order valence-corrected chi connectivity index (χ4v) is 17.1. The Morgan fingerprint density at radius 3 is 0.692 bits per heavy atom. The van der Waals surface area contributed by atoms with Crippen LogP contribution >= 0.6 is 0 Å². The monoisotopic (exact) mass is 1900 g/mol. The number of ether oxygens (including phenoxy) is 27. The Labute approximate surface area is 763 Å². The quantitative estimate of drug-likeness (QED) is 0.0177. The SMILES string of the molecule is COCC1OC2OC3C(CNC(=O)CCCCCNc4ccn(O)c(=O)n4)OC(OC4C(COC)OC(OC5C(CNC(=O)CCCCCNc6ccn(O)c(=O)n6)OC(OC6C(COC)OC(OC7C(CNC(=O)CCCCCNc8ccn(O)c(=O)n8)OC(OC1C(OC)C2OC)C(OC)C7OC)C(OC)C6OC)C(OC)C5OC)C(OC)C4OC)C(OC)C3OC.[Fe]. The first kappa shape index (κ1) is 107. The molecule has 30 unspecified atom stereocenters. The number of rotatable bonds is 45. The molecule has 3 aromatic heterocycles. The smallest absolute Gasteiger partial charge is 0.382 e. The van der Waals surface area contributed by atoms with Crippen molar-refractivity contribution in [2.24, 2.45) is 0 Å². The maximum Gasteiger partial charge on any atom is 0.382 e. The van der Waals surface area contributed by atoms with E-state index in [1.165, 1.54) is 143 Å². The molecule has 0 spiro atoms. The van der Waals surface area contributed by atoms with Gasteiger partial charge in [0.05, 0.1) is 38.4 Å². The first-order valence-electron chi connectivity index (χ1n) is 43.1. The summed E-state index contributed by atoms with van der Waals surface area (Å²) in [4.78, 5) is 89.9. The molecule has 130 heavy (non-hydrogen) atoms. The summed E-state index contributed by atoms with van der Waals surface area (Å²) >= 11 is 0. The molecule has 3 aromatic rings. The molecule has 22 fully saturated rings. The molecule has 12 bridgehead atoms. The molecule has 22 aliphatic heterocycles. The average molecular weight is 1910 g/mol. The normalized spacial score (nSPS) is 33.5. The summed E-state index contributed by atoms with van der Waals surface area (Å²) < 4.78 is 181. The zero-order valence-electron chi connectivity index (χ0n) is 76.0. The summed E-state index contributed by atoms with van der Waals surface area (Å²) in [6.07, 6.45) is -28.1.